The van der Waals surface area contributed by atoms with Crippen molar-refractivity contribution in [1.82, 2.24) is 20.5 Å². The van der Waals surface area contributed by atoms with Crippen molar-refractivity contribution in [3.8, 4) is 0 Å². The molecular formula is C32H39N5O4. The summed E-state index contributed by atoms with van der Waals surface area (Å²) in [6.07, 6.45) is 8.48. The fourth-order valence-corrected chi connectivity index (χ4v) is 6.04. The third-order valence-corrected chi connectivity index (χ3v) is 8.26. The van der Waals surface area contributed by atoms with Crippen LogP contribution in [0.4, 0.5) is 10.6 Å². The molecule has 0 unspecified atom stereocenters. The van der Waals surface area contributed by atoms with Gasteiger partial charge in [-0.15, -0.1) is 0 Å². The Bertz CT molecular complexity index is 1360. The highest BCUT2D eigenvalue weighted by Gasteiger charge is 2.38. The maximum atomic E-state index is 13.9. The molecule has 2 heterocycles. The number of nitrogens with one attached hydrogen (secondary N) is 2. The number of amides is 3. The van der Waals surface area contributed by atoms with Crippen molar-refractivity contribution in [2.24, 2.45) is 5.92 Å². The summed E-state index contributed by atoms with van der Waals surface area (Å²) in [5.74, 6) is 0.395. The molecule has 1 aliphatic carbocycles. The van der Waals surface area contributed by atoms with Crippen LogP contribution in [0.15, 0.2) is 60.8 Å². The number of rotatable bonds is 9. The number of anilines is 1. The summed E-state index contributed by atoms with van der Waals surface area (Å²) in [7, 11) is 0. The first-order valence-electron chi connectivity index (χ1n) is 14.7. The highest BCUT2D eigenvalue weighted by Crippen LogP contribution is 2.29. The van der Waals surface area contributed by atoms with Gasteiger partial charge in [-0.1, -0.05) is 74.6 Å². The van der Waals surface area contributed by atoms with Crippen molar-refractivity contribution in [2.45, 2.75) is 76.6 Å². The minimum atomic E-state index is -0.731. The van der Waals surface area contributed by atoms with Gasteiger partial charge >= 0.3 is 6.09 Å². The van der Waals surface area contributed by atoms with E-state index in [1.807, 2.05) is 54.6 Å². The minimum absolute atomic E-state index is 0.127. The second-order valence-corrected chi connectivity index (χ2v) is 11.2. The average Bonchev–Trinajstić information content (AvgIpc) is 3.50. The Hall–Kier alpha value is -4.14. The van der Waals surface area contributed by atoms with Crippen LogP contribution in [0.3, 0.4) is 0 Å². The number of aromatic nitrogens is 1. The lowest BCUT2D eigenvalue weighted by Gasteiger charge is -2.31. The van der Waals surface area contributed by atoms with E-state index in [1.54, 1.807) is 11.1 Å². The molecule has 0 bridgehead atoms. The van der Waals surface area contributed by atoms with Crippen LogP contribution < -0.4 is 16.4 Å². The standard InChI is InChI=1S/C32H39N5O4/c33-29-26-18-24(13-14-25(26)15-16-34-29)20-35-30(38)28-12-7-17-37(28)31(39)27(19-22-8-3-1-4-9-22)36-32(40)41-21-23-10-5-2-6-11-23/h2,5-6,10-11,13-16,18,22,27-28H,1,3-4,7-9,12,17,19-21H2,(H2,33,34)(H,35,38)(H,36,40)/t27-,28+/m1/s1. The molecule has 9 heteroatoms. The number of carbonyl (C=O) groups excluding carboxylic acids is 3. The lowest BCUT2D eigenvalue weighted by molar-refractivity contribution is -0.140. The molecule has 0 spiro atoms. The summed E-state index contributed by atoms with van der Waals surface area (Å²) < 4.78 is 5.45. The van der Waals surface area contributed by atoms with Gasteiger partial charge < -0.3 is 26.0 Å². The summed E-state index contributed by atoms with van der Waals surface area (Å²) in [4.78, 5) is 45.7. The number of carbonyl (C=O) groups is 3. The predicted molar refractivity (Wildman–Crippen MR) is 157 cm³/mol. The fourth-order valence-electron chi connectivity index (χ4n) is 6.04. The van der Waals surface area contributed by atoms with Gasteiger partial charge in [0.1, 0.15) is 24.5 Å². The number of nitrogen functional groups attached to an aromatic ring is 1. The normalized spacial score (nSPS) is 18.1. The summed E-state index contributed by atoms with van der Waals surface area (Å²) in [5, 5.41) is 7.68. The Morgan fingerprint density at radius 3 is 2.59 bits per heavy atom. The van der Waals surface area contributed by atoms with Gasteiger partial charge in [0.25, 0.3) is 0 Å². The van der Waals surface area contributed by atoms with E-state index >= 15 is 0 Å². The Balaban J connectivity index is 1.23. The fraction of sp³-hybridized carbons (Fsp3) is 0.438. The first-order valence-corrected chi connectivity index (χ1v) is 14.7. The van der Waals surface area contributed by atoms with Gasteiger partial charge in [0.15, 0.2) is 0 Å². The van der Waals surface area contributed by atoms with Crippen LogP contribution in [-0.4, -0.2) is 46.4 Å². The van der Waals surface area contributed by atoms with Crippen LogP contribution >= 0.6 is 0 Å². The lowest BCUT2D eigenvalue weighted by atomic mass is 9.84. The van der Waals surface area contributed by atoms with Crippen molar-refractivity contribution in [1.29, 1.82) is 0 Å². The number of hydrogen-bond donors (Lipinski definition) is 3. The molecule has 1 saturated heterocycles. The molecule has 4 N–H and O–H groups in total. The highest BCUT2D eigenvalue weighted by molar-refractivity contribution is 5.93. The molecule has 1 aromatic heterocycles. The van der Waals surface area contributed by atoms with Gasteiger partial charge in [-0.25, -0.2) is 9.78 Å². The van der Waals surface area contributed by atoms with E-state index in [2.05, 4.69) is 15.6 Å². The number of fused-ring (bicyclic) bond motifs is 1. The number of pyridine rings is 1. The van der Waals surface area contributed by atoms with Gasteiger partial charge in [0.05, 0.1) is 0 Å². The van der Waals surface area contributed by atoms with Crippen LogP contribution in [0.25, 0.3) is 10.8 Å². The minimum Gasteiger partial charge on any atom is -0.445 e. The van der Waals surface area contributed by atoms with Gasteiger partial charge in [0.2, 0.25) is 11.8 Å². The number of hydrogen-bond acceptors (Lipinski definition) is 6. The molecule has 41 heavy (non-hydrogen) atoms. The van der Waals surface area contributed by atoms with E-state index in [4.69, 9.17) is 10.5 Å². The molecule has 3 aromatic rings. The predicted octanol–water partition coefficient (Wildman–Crippen LogP) is 4.69. The van der Waals surface area contributed by atoms with E-state index in [9.17, 15) is 14.4 Å². The molecule has 9 nitrogen and oxygen atoms in total. The highest BCUT2D eigenvalue weighted by atomic mass is 16.5. The van der Waals surface area contributed by atoms with Crippen molar-refractivity contribution in [3.05, 3.63) is 71.9 Å². The number of nitrogens with zero attached hydrogens (tertiary/aromatic N) is 2. The molecule has 5 rings (SSSR count). The van der Waals surface area contributed by atoms with Crippen LogP contribution in [-0.2, 0) is 27.5 Å². The van der Waals surface area contributed by atoms with Gasteiger partial charge in [0, 0.05) is 24.7 Å². The quantitative estimate of drug-likeness (QED) is 0.350. The smallest absolute Gasteiger partial charge is 0.408 e. The number of ether oxygens (including phenoxy) is 1. The first kappa shape index (κ1) is 28.4. The van der Waals surface area contributed by atoms with Crippen molar-refractivity contribution < 1.29 is 19.1 Å². The largest absolute Gasteiger partial charge is 0.445 e. The van der Waals surface area contributed by atoms with Crippen molar-refractivity contribution in [3.63, 3.8) is 0 Å². The lowest BCUT2D eigenvalue weighted by Crippen LogP contribution is -2.54. The van der Waals surface area contributed by atoms with Crippen molar-refractivity contribution in [2.75, 3.05) is 12.3 Å². The van der Waals surface area contributed by atoms with Crippen LogP contribution in [0, 0.1) is 5.92 Å². The Morgan fingerprint density at radius 2 is 1.78 bits per heavy atom. The van der Waals surface area contributed by atoms with Crippen LogP contribution in [0.5, 0.6) is 0 Å². The van der Waals surface area contributed by atoms with E-state index in [0.717, 1.165) is 54.0 Å². The van der Waals surface area contributed by atoms with E-state index < -0.39 is 18.2 Å². The van der Waals surface area contributed by atoms with Crippen molar-refractivity contribution >= 4 is 34.5 Å². The second kappa shape index (κ2) is 13.5. The monoisotopic (exact) mass is 557 g/mol. The molecule has 2 aliphatic rings. The maximum absolute atomic E-state index is 13.9. The van der Waals surface area contributed by atoms with Gasteiger partial charge in [-0.05, 0) is 53.8 Å². The van der Waals surface area contributed by atoms with E-state index in [1.165, 1.54) is 6.42 Å². The third kappa shape index (κ3) is 7.34. The molecule has 2 aromatic carbocycles. The molecular weight excluding hydrogens is 518 g/mol. The summed E-state index contributed by atoms with van der Waals surface area (Å²) >= 11 is 0. The molecule has 216 valence electrons. The maximum Gasteiger partial charge on any atom is 0.408 e. The number of likely N-dealkylation sites (tertiary alicyclic amines) is 1. The first-order chi connectivity index (χ1) is 20.0. The molecule has 2 fully saturated rings. The molecule has 2 atom stereocenters. The Kier molecular flexibility index (Phi) is 9.33. The Morgan fingerprint density at radius 1 is 0.976 bits per heavy atom. The molecule has 0 radical (unpaired) electrons. The molecule has 1 saturated carbocycles. The zero-order valence-electron chi connectivity index (χ0n) is 23.4. The SMILES string of the molecule is Nc1nccc2ccc(CNC(=O)[C@@H]3CCCN3C(=O)[C@@H](CC3CCCCC3)NC(=O)OCc3ccccc3)cc12. The molecule has 3 amide bonds. The topological polar surface area (TPSA) is 127 Å². The van der Waals surface area contributed by atoms with Crippen LogP contribution in [0.1, 0.15) is 62.5 Å². The number of nitrogens with two attached hydrogens (primary N) is 1. The third-order valence-electron chi connectivity index (χ3n) is 8.26. The zero-order valence-corrected chi connectivity index (χ0v) is 23.4. The van der Waals surface area contributed by atoms with E-state index in [-0.39, 0.29) is 18.4 Å². The second-order valence-electron chi connectivity index (χ2n) is 11.2. The molecule has 1 aliphatic heterocycles. The van der Waals surface area contributed by atoms with E-state index in [0.29, 0.717) is 37.7 Å². The van der Waals surface area contributed by atoms with Gasteiger partial charge in [-0.2, -0.15) is 0 Å². The number of benzene rings is 2. The number of alkyl carbamates (subject to hydrolysis) is 1. The van der Waals surface area contributed by atoms with Gasteiger partial charge in [-0.3, -0.25) is 9.59 Å². The Labute approximate surface area is 240 Å². The summed E-state index contributed by atoms with van der Waals surface area (Å²) in [6.45, 7) is 0.927. The average molecular weight is 558 g/mol. The summed E-state index contributed by atoms with van der Waals surface area (Å²) in [6, 6.07) is 15.9. The summed E-state index contributed by atoms with van der Waals surface area (Å²) in [5.41, 5.74) is 7.81. The zero-order chi connectivity index (χ0) is 28.6. The van der Waals surface area contributed by atoms with Crippen LogP contribution in [0.2, 0.25) is 0 Å².